The van der Waals surface area contributed by atoms with Gasteiger partial charge in [-0.1, -0.05) is 20.4 Å². The summed E-state index contributed by atoms with van der Waals surface area (Å²) >= 11 is 0. The molecule has 1 rings (SSSR count). The van der Waals surface area contributed by atoms with Crippen molar-refractivity contribution >= 4 is 11.9 Å². The first-order valence-electron chi connectivity index (χ1n) is 5.87. The minimum absolute atomic E-state index is 0.312. The summed E-state index contributed by atoms with van der Waals surface area (Å²) in [6.45, 7) is 7.88. The van der Waals surface area contributed by atoms with Gasteiger partial charge >= 0.3 is 11.9 Å². The molecule has 0 aliphatic heterocycles. The van der Waals surface area contributed by atoms with Gasteiger partial charge in [0.05, 0.1) is 13.2 Å². The van der Waals surface area contributed by atoms with Crippen molar-refractivity contribution in [3.05, 3.63) is 17.9 Å². The molecule has 0 aromatic heterocycles. The molecule has 4 heteroatoms. The topological polar surface area (TPSA) is 52.6 Å². The van der Waals surface area contributed by atoms with Crippen LogP contribution < -0.4 is 0 Å². The van der Waals surface area contributed by atoms with Crippen LogP contribution in [0.4, 0.5) is 0 Å². The Morgan fingerprint density at radius 3 is 2.00 bits per heavy atom. The van der Waals surface area contributed by atoms with Gasteiger partial charge in [-0.15, -0.1) is 5.73 Å². The highest BCUT2D eigenvalue weighted by Gasteiger charge is 2.64. The van der Waals surface area contributed by atoms with E-state index in [1.807, 2.05) is 13.8 Å². The molecule has 1 saturated carbocycles. The van der Waals surface area contributed by atoms with E-state index in [1.54, 1.807) is 0 Å². The zero-order valence-corrected chi connectivity index (χ0v) is 10.4. The standard InChI is InChI=1S/C13H18O4/c1-4-7-16-11(14)13(9-10(13)6-3)12(15)17-8-5-2/h3-5,7-9H2,1-2H3. The van der Waals surface area contributed by atoms with Crippen molar-refractivity contribution in [2.75, 3.05) is 13.2 Å². The molecular formula is C13H18O4. The van der Waals surface area contributed by atoms with Crippen LogP contribution in [0.2, 0.25) is 0 Å². The van der Waals surface area contributed by atoms with E-state index in [0.29, 0.717) is 25.2 Å². The number of rotatable bonds is 6. The predicted molar refractivity (Wildman–Crippen MR) is 62.2 cm³/mol. The van der Waals surface area contributed by atoms with E-state index in [9.17, 15) is 9.59 Å². The van der Waals surface area contributed by atoms with Crippen LogP contribution in [0.15, 0.2) is 17.9 Å². The number of hydrogen-bond acceptors (Lipinski definition) is 4. The molecule has 0 atom stereocenters. The van der Waals surface area contributed by atoms with Crippen molar-refractivity contribution in [2.45, 2.75) is 33.1 Å². The van der Waals surface area contributed by atoms with Crippen molar-refractivity contribution in [1.82, 2.24) is 0 Å². The lowest BCUT2D eigenvalue weighted by molar-refractivity contribution is -0.163. The Balaban J connectivity index is 2.74. The third kappa shape index (κ3) is 2.59. The number of esters is 2. The zero-order valence-electron chi connectivity index (χ0n) is 10.4. The van der Waals surface area contributed by atoms with Gasteiger partial charge < -0.3 is 9.47 Å². The average Bonchev–Trinajstić information content (AvgIpc) is 3.08. The molecular weight excluding hydrogens is 220 g/mol. The smallest absolute Gasteiger partial charge is 0.328 e. The van der Waals surface area contributed by atoms with Gasteiger partial charge in [-0.2, -0.15) is 0 Å². The average molecular weight is 238 g/mol. The number of carbonyl (C=O) groups is 2. The quantitative estimate of drug-likeness (QED) is 0.403. The highest BCUT2D eigenvalue weighted by molar-refractivity contribution is 6.08. The van der Waals surface area contributed by atoms with Crippen LogP contribution in [0, 0.1) is 5.41 Å². The van der Waals surface area contributed by atoms with Gasteiger partial charge in [0.1, 0.15) is 0 Å². The molecule has 0 saturated heterocycles. The normalized spacial score (nSPS) is 16.0. The summed E-state index contributed by atoms with van der Waals surface area (Å²) in [6, 6.07) is 0. The Kier molecular flexibility index (Phi) is 4.53. The highest BCUT2D eigenvalue weighted by atomic mass is 16.6. The summed E-state index contributed by atoms with van der Waals surface area (Å²) < 4.78 is 10.0. The molecule has 0 N–H and O–H groups in total. The monoisotopic (exact) mass is 238 g/mol. The second kappa shape index (κ2) is 5.69. The molecule has 0 amide bonds. The molecule has 1 fully saturated rings. The van der Waals surface area contributed by atoms with Crippen LogP contribution in [0.25, 0.3) is 0 Å². The highest BCUT2D eigenvalue weighted by Crippen LogP contribution is 2.53. The van der Waals surface area contributed by atoms with Crippen molar-refractivity contribution in [1.29, 1.82) is 0 Å². The molecule has 1 aliphatic rings. The van der Waals surface area contributed by atoms with Crippen LogP contribution in [0.5, 0.6) is 0 Å². The van der Waals surface area contributed by atoms with E-state index in [4.69, 9.17) is 9.47 Å². The molecule has 1 aliphatic carbocycles. The van der Waals surface area contributed by atoms with Gasteiger partial charge in [-0.3, -0.25) is 9.59 Å². The maximum Gasteiger partial charge on any atom is 0.328 e. The van der Waals surface area contributed by atoms with Crippen LogP contribution in [-0.2, 0) is 19.1 Å². The second-order valence-corrected chi connectivity index (χ2v) is 4.01. The van der Waals surface area contributed by atoms with E-state index >= 15 is 0 Å². The van der Waals surface area contributed by atoms with E-state index < -0.39 is 17.4 Å². The van der Waals surface area contributed by atoms with E-state index in [-0.39, 0.29) is 0 Å². The fourth-order valence-electron chi connectivity index (χ4n) is 1.54. The van der Waals surface area contributed by atoms with Crippen molar-refractivity contribution < 1.29 is 19.1 Å². The first-order chi connectivity index (χ1) is 8.13. The molecule has 0 aromatic rings. The fourth-order valence-corrected chi connectivity index (χ4v) is 1.54. The molecule has 17 heavy (non-hydrogen) atoms. The summed E-state index contributed by atoms with van der Waals surface area (Å²) in [5, 5.41) is 0. The Hall–Kier alpha value is -1.54. The van der Waals surface area contributed by atoms with Gasteiger partial charge in [0.2, 0.25) is 0 Å². The van der Waals surface area contributed by atoms with Crippen LogP contribution >= 0.6 is 0 Å². The summed E-state index contributed by atoms with van der Waals surface area (Å²) in [4.78, 5) is 23.7. The Labute approximate surface area is 101 Å². The Morgan fingerprint density at radius 1 is 1.24 bits per heavy atom. The SMILES string of the molecule is C=C=C1CC1(C(=O)OCCC)C(=O)OCCC. The first kappa shape index (κ1) is 13.5. The molecule has 0 unspecified atom stereocenters. The van der Waals surface area contributed by atoms with E-state index in [0.717, 1.165) is 12.8 Å². The molecule has 0 radical (unpaired) electrons. The summed E-state index contributed by atoms with van der Waals surface area (Å²) in [5.74, 6) is -1.07. The number of carbonyl (C=O) groups excluding carboxylic acids is 2. The lowest BCUT2D eigenvalue weighted by Gasteiger charge is -2.12. The van der Waals surface area contributed by atoms with Gasteiger partial charge in [0.25, 0.3) is 0 Å². The van der Waals surface area contributed by atoms with Crippen molar-refractivity contribution in [3.63, 3.8) is 0 Å². The summed E-state index contributed by atoms with van der Waals surface area (Å²) in [7, 11) is 0. The van der Waals surface area contributed by atoms with Gasteiger partial charge in [-0.05, 0) is 12.8 Å². The third-order valence-electron chi connectivity index (χ3n) is 2.62. The molecule has 0 aromatic carbocycles. The van der Waals surface area contributed by atoms with Crippen molar-refractivity contribution in [2.24, 2.45) is 5.41 Å². The molecule has 94 valence electrons. The van der Waals surface area contributed by atoms with Gasteiger partial charge in [-0.25, -0.2) is 0 Å². The van der Waals surface area contributed by atoms with Crippen LogP contribution in [0.1, 0.15) is 33.1 Å². The minimum Gasteiger partial charge on any atom is -0.465 e. The third-order valence-corrected chi connectivity index (χ3v) is 2.62. The Morgan fingerprint density at radius 2 is 1.71 bits per heavy atom. The maximum atomic E-state index is 11.8. The fraction of sp³-hybridized carbons (Fsp3) is 0.615. The molecule has 0 bridgehead atoms. The van der Waals surface area contributed by atoms with Crippen LogP contribution in [0.3, 0.4) is 0 Å². The van der Waals surface area contributed by atoms with E-state index in [1.165, 1.54) is 0 Å². The lowest BCUT2D eigenvalue weighted by atomic mass is 10.1. The lowest BCUT2D eigenvalue weighted by Crippen LogP contribution is -2.30. The first-order valence-corrected chi connectivity index (χ1v) is 5.87. The summed E-state index contributed by atoms with van der Waals surface area (Å²) in [5.41, 5.74) is 1.93. The zero-order chi connectivity index (χ0) is 12.9. The van der Waals surface area contributed by atoms with E-state index in [2.05, 4.69) is 12.3 Å². The van der Waals surface area contributed by atoms with Crippen LogP contribution in [-0.4, -0.2) is 25.2 Å². The summed E-state index contributed by atoms with van der Waals surface area (Å²) in [6.07, 6.45) is 1.76. The minimum atomic E-state index is -1.24. The number of hydrogen-bond donors (Lipinski definition) is 0. The molecule has 0 heterocycles. The molecule has 0 spiro atoms. The molecule has 4 nitrogen and oxygen atoms in total. The second-order valence-electron chi connectivity index (χ2n) is 4.01. The number of ether oxygens (including phenoxy) is 2. The van der Waals surface area contributed by atoms with Crippen molar-refractivity contribution in [3.8, 4) is 0 Å². The predicted octanol–water partition coefficient (Wildman–Crippen LogP) is 1.99. The Bertz CT molecular complexity index is 344. The van der Waals surface area contributed by atoms with Gasteiger partial charge in [0, 0.05) is 12.0 Å². The van der Waals surface area contributed by atoms with Gasteiger partial charge in [0.15, 0.2) is 5.41 Å². The largest absolute Gasteiger partial charge is 0.465 e. The maximum absolute atomic E-state index is 11.8.